The third-order valence-corrected chi connectivity index (χ3v) is 5.62. The Bertz CT molecular complexity index is 588. The number of anilines is 1. The second-order valence-electron chi connectivity index (χ2n) is 5.70. The summed E-state index contributed by atoms with van der Waals surface area (Å²) in [6, 6.07) is 5.45. The van der Waals surface area contributed by atoms with E-state index in [0.717, 1.165) is 30.7 Å². The predicted molar refractivity (Wildman–Crippen MR) is 90.9 cm³/mol. The number of hydrogen-bond donors (Lipinski definition) is 1. The van der Waals surface area contributed by atoms with Crippen molar-refractivity contribution in [2.75, 3.05) is 23.0 Å². The van der Waals surface area contributed by atoms with Gasteiger partial charge in [0.2, 0.25) is 5.91 Å². The van der Waals surface area contributed by atoms with Gasteiger partial charge in [0.25, 0.3) is 5.91 Å². The molecular weight excluding hydrogens is 320 g/mol. The maximum atomic E-state index is 12.5. The van der Waals surface area contributed by atoms with E-state index in [1.54, 1.807) is 23.1 Å². The average Bonchev–Trinajstić information content (AvgIpc) is 2.95. The van der Waals surface area contributed by atoms with Crippen LogP contribution < -0.4 is 10.2 Å². The van der Waals surface area contributed by atoms with Crippen LogP contribution in [0.4, 0.5) is 5.69 Å². The Hall–Kier alpha value is -1.20. The Morgan fingerprint density at radius 2 is 2.23 bits per heavy atom. The van der Waals surface area contributed by atoms with Crippen LogP contribution >= 0.6 is 23.4 Å². The smallest absolute Gasteiger partial charge is 0.253 e. The molecule has 2 heterocycles. The number of benzene rings is 1. The number of nitrogens with zero attached hydrogens (tertiary/aromatic N) is 1. The fourth-order valence-electron chi connectivity index (χ4n) is 2.89. The third-order valence-electron chi connectivity index (χ3n) is 4.08. The lowest BCUT2D eigenvalue weighted by Crippen LogP contribution is -2.38. The lowest BCUT2D eigenvalue weighted by molar-refractivity contribution is -0.117. The summed E-state index contributed by atoms with van der Waals surface area (Å²) in [4.78, 5) is 26.0. The van der Waals surface area contributed by atoms with E-state index in [2.05, 4.69) is 5.32 Å². The minimum Gasteiger partial charge on any atom is -0.348 e. The first-order chi connectivity index (χ1) is 10.6. The summed E-state index contributed by atoms with van der Waals surface area (Å²) in [5, 5.41) is 3.48. The van der Waals surface area contributed by atoms with Gasteiger partial charge >= 0.3 is 0 Å². The number of carbonyl (C=O) groups is 2. The first kappa shape index (κ1) is 15.7. The van der Waals surface area contributed by atoms with E-state index in [-0.39, 0.29) is 17.9 Å². The van der Waals surface area contributed by atoms with Crippen LogP contribution in [0.1, 0.15) is 36.0 Å². The quantitative estimate of drug-likeness (QED) is 0.921. The van der Waals surface area contributed by atoms with E-state index >= 15 is 0 Å². The lowest BCUT2D eigenvalue weighted by atomic mass is 10.1. The minimum absolute atomic E-state index is 0.109. The van der Waals surface area contributed by atoms with Gasteiger partial charge in [0, 0.05) is 30.4 Å². The zero-order chi connectivity index (χ0) is 15.5. The molecule has 2 amide bonds. The highest BCUT2D eigenvalue weighted by molar-refractivity contribution is 7.99. The number of amides is 2. The topological polar surface area (TPSA) is 49.4 Å². The van der Waals surface area contributed by atoms with E-state index in [0.29, 0.717) is 23.6 Å². The Morgan fingerprint density at radius 3 is 2.91 bits per heavy atom. The van der Waals surface area contributed by atoms with Crippen molar-refractivity contribution in [1.82, 2.24) is 5.32 Å². The molecule has 0 bridgehead atoms. The molecule has 0 aromatic heterocycles. The Balaban J connectivity index is 1.76. The lowest BCUT2D eigenvalue weighted by Gasteiger charge is -2.23. The van der Waals surface area contributed by atoms with Crippen LogP contribution in [0.2, 0.25) is 5.02 Å². The second kappa shape index (κ2) is 6.92. The van der Waals surface area contributed by atoms with Crippen LogP contribution in [-0.2, 0) is 4.79 Å². The van der Waals surface area contributed by atoms with Crippen molar-refractivity contribution in [1.29, 1.82) is 0 Å². The van der Waals surface area contributed by atoms with E-state index in [4.69, 9.17) is 11.6 Å². The number of nitrogens with one attached hydrogen (secondary N) is 1. The fourth-order valence-corrected chi connectivity index (χ4v) is 4.17. The Kier molecular flexibility index (Phi) is 4.93. The maximum absolute atomic E-state index is 12.5. The molecule has 3 rings (SSSR count). The summed E-state index contributed by atoms with van der Waals surface area (Å²) in [6.07, 6.45) is 3.58. The standard InChI is InChI=1S/C16H19ClN2O2S/c17-14-6-5-12(19-7-1-4-15(19)20)9-13(14)16(21)18-11-3-2-8-22-10-11/h5-6,9,11H,1-4,7-8,10H2,(H,18,21). The van der Waals surface area contributed by atoms with Crippen LogP contribution in [-0.4, -0.2) is 35.9 Å². The molecule has 0 spiro atoms. The molecule has 2 saturated heterocycles. The molecule has 1 atom stereocenters. The van der Waals surface area contributed by atoms with Gasteiger partial charge < -0.3 is 10.2 Å². The van der Waals surface area contributed by atoms with E-state index in [1.807, 2.05) is 11.8 Å². The zero-order valence-corrected chi connectivity index (χ0v) is 13.9. The van der Waals surface area contributed by atoms with Crippen molar-refractivity contribution in [2.24, 2.45) is 0 Å². The monoisotopic (exact) mass is 338 g/mol. The molecule has 2 aliphatic heterocycles. The highest BCUT2D eigenvalue weighted by Crippen LogP contribution is 2.27. The first-order valence-electron chi connectivity index (χ1n) is 7.63. The van der Waals surface area contributed by atoms with Crippen molar-refractivity contribution < 1.29 is 9.59 Å². The first-order valence-corrected chi connectivity index (χ1v) is 9.17. The highest BCUT2D eigenvalue weighted by atomic mass is 35.5. The van der Waals surface area contributed by atoms with Crippen molar-refractivity contribution in [2.45, 2.75) is 31.7 Å². The van der Waals surface area contributed by atoms with Crippen molar-refractivity contribution in [3.05, 3.63) is 28.8 Å². The molecule has 4 nitrogen and oxygen atoms in total. The molecule has 2 aliphatic rings. The van der Waals surface area contributed by atoms with Crippen LogP contribution in [0, 0.1) is 0 Å². The SMILES string of the molecule is O=C(NC1CCCSC1)c1cc(N2CCCC2=O)ccc1Cl. The van der Waals surface area contributed by atoms with Gasteiger partial charge in [-0.05, 0) is 43.2 Å². The number of halogens is 1. The Labute approximate surface area is 139 Å². The Morgan fingerprint density at radius 1 is 1.36 bits per heavy atom. The van der Waals surface area contributed by atoms with Gasteiger partial charge in [-0.1, -0.05) is 11.6 Å². The number of hydrogen-bond acceptors (Lipinski definition) is 3. The average molecular weight is 339 g/mol. The summed E-state index contributed by atoms with van der Waals surface area (Å²) in [7, 11) is 0. The molecule has 0 aliphatic carbocycles. The predicted octanol–water partition coefficient (Wildman–Crippen LogP) is 3.09. The summed E-state index contributed by atoms with van der Waals surface area (Å²) in [6.45, 7) is 0.709. The maximum Gasteiger partial charge on any atom is 0.253 e. The molecule has 1 aromatic carbocycles. The van der Waals surface area contributed by atoms with Gasteiger partial charge in [-0.15, -0.1) is 0 Å². The molecule has 6 heteroatoms. The molecule has 1 aromatic rings. The van der Waals surface area contributed by atoms with Crippen LogP contribution in [0.5, 0.6) is 0 Å². The third kappa shape index (κ3) is 3.41. The summed E-state index contributed by atoms with van der Waals surface area (Å²) in [5.41, 5.74) is 1.21. The zero-order valence-electron chi connectivity index (χ0n) is 12.3. The van der Waals surface area contributed by atoms with E-state index in [9.17, 15) is 9.59 Å². The summed E-state index contributed by atoms with van der Waals surface area (Å²) < 4.78 is 0. The fraction of sp³-hybridized carbons (Fsp3) is 0.500. The minimum atomic E-state index is -0.147. The number of carbonyl (C=O) groups excluding carboxylic acids is 2. The van der Waals surface area contributed by atoms with Gasteiger partial charge in [-0.2, -0.15) is 11.8 Å². The summed E-state index contributed by atoms with van der Waals surface area (Å²) in [5.74, 6) is 2.08. The normalized spacial score (nSPS) is 22.0. The molecule has 2 fully saturated rings. The second-order valence-corrected chi connectivity index (χ2v) is 7.26. The van der Waals surface area contributed by atoms with Crippen molar-refractivity contribution in [3.8, 4) is 0 Å². The number of thioether (sulfide) groups is 1. The van der Waals surface area contributed by atoms with Crippen molar-refractivity contribution in [3.63, 3.8) is 0 Å². The van der Waals surface area contributed by atoms with Crippen LogP contribution in [0.15, 0.2) is 18.2 Å². The van der Waals surface area contributed by atoms with Crippen molar-refractivity contribution >= 4 is 40.9 Å². The van der Waals surface area contributed by atoms with Crippen LogP contribution in [0.3, 0.4) is 0 Å². The van der Waals surface area contributed by atoms with E-state index in [1.165, 1.54) is 5.75 Å². The van der Waals surface area contributed by atoms with Crippen LogP contribution in [0.25, 0.3) is 0 Å². The molecular formula is C16H19ClN2O2S. The molecule has 0 radical (unpaired) electrons. The summed E-state index contributed by atoms with van der Waals surface area (Å²) >= 11 is 8.05. The molecule has 118 valence electrons. The molecule has 1 N–H and O–H groups in total. The molecule has 22 heavy (non-hydrogen) atoms. The highest BCUT2D eigenvalue weighted by Gasteiger charge is 2.24. The van der Waals surface area contributed by atoms with Gasteiger partial charge in [-0.3, -0.25) is 9.59 Å². The van der Waals surface area contributed by atoms with Gasteiger partial charge in [-0.25, -0.2) is 0 Å². The van der Waals surface area contributed by atoms with Gasteiger partial charge in [0.1, 0.15) is 0 Å². The molecule has 1 unspecified atom stereocenters. The largest absolute Gasteiger partial charge is 0.348 e. The van der Waals surface area contributed by atoms with E-state index < -0.39 is 0 Å². The molecule has 0 saturated carbocycles. The van der Waals surface area contributed by atoms with Gasteiger partial charge in [0.05, 0.1) is 10.6 Å². The van der Waals surface area contributed by atoms with Gasteiger partial charge in [0.15, 0.2) is 0 Å². The number of rotatable bonds is 3.